The maximum absolute atomic E-state index is 13.0. The van der Waals surface area contributed by atoms with E-state index in [1.807, 2.05) is 18.2 Å². The molecule has 2 amide bonds. The van der Waals surface area contributed by atoms with Crippen molar-refractivity contribution < 1.29 is 9.59 Å². The molecular weight excluding hydrogens is 432 g/mol. The summed E-state index contributed by atoms with van der Waals surface area (Å²) >= 11 is 0. The molecule has 3 rings (SSSR count). The van der Waals surface area contributed by atoms with Crippen LogP contribution >= 0.6 is 0 Å². The van der Waals surface area contributed by atoms with E-state index in [0.717, 1.165) is 23.1 Å². The van der Waals surface area contributed by atoms with Crippen molar-refractivity contribution in [3.8, 4) is 0 Å². The third kappa shape index (κ3) is 6.39. The van der Waals surface area contributed by atoms with Crippen LogP contribution in [0.4, 0.5) is 0 Å². The molecule has 0 heterocycles. The van der Waals surface area contributed by atoms with Crippen molar-refractivity contribution in [2.45, 2.75) is 51.5 Å². The van der Waals surface area contributed by atoms with Crippen LogP contribution in [0.2, 0.25) is 0 Å². The second kappa shape index (κ2) is 12.3. The number of carbonyl (C=O) groups is 2. The van der Waals surface area contributed by atoms with Crippen LogP contribution in [0, 0.1) is 11.8 Å². The fourth-order valence-electron chi connectivity index (χ4n) is 4.91. The Hall–Kier alpha value is -3.40. The predicted octanol–water partition coefficient (Wildman–Crippen LogP) is 5.71. The van der Waals surface area contributed by atoms with Crippen LogP contribution in [-0.4, -0.2) is 24.9 Å². The minimum atomic E-state index is -0.629. The van der Waals surface area contributed by atoms with E-state index in [4.69, 9.17) is 0 Å². The second-order valence-electron chi connectivity index (χ2n) is 9.78. The topological polar surface area (TPSA) is 58.2 Å². The molecule has 0 aromatic heterocycles. The lowest BCUT2D eigenvalue weighted by Gasteiger charge is -2.39. The Bertz CT molecular complexity index is 968. The van der Waals surface area contributed by atoms with Crippen LogP contribution in [-0.2, 0) is 15.0 Å². The molecule has 2 atom stereocenters. The molecule has 184 valence electrons. The van der Waals surface area contributed by atoms with Crippen molar-refractivity contribution in [2.75, 3.05) is 7.05 Å². The molecule has 0 aliphatic heterocycles. The van der Waals surface area contributed by atoms with Gasteiger partial charge in [0.2, 0.25) is 11.8 Å². The zero-order chi connectivity index (χ0) is 25.3. The van der Waals surface area contributed by atoms with Gasteiger partial charge in [0.15, 0.2) is 0 Å². The molecule has 3 aromatic carbocycles. The first-order valence-electron chi connectivity index (χ1n) is 12.6. The SMILES string of the molecule is CNC(=O)[C@@H](NC(=O)CCC(C)C)[C@@H](C)CC(c1ccccc1)(c1ccccc1)c1ccccc1. The van der Waals surface area contributed by atoms with Crippen molar-refractivity contribution in [2.24, 2.45) is 11.8 Å². The third-order valence-electron chi connectivity index (χ3n) is 6.79. The highest BCUT2D eigenvalue weighted by Gasteiger charge is 2.40. The third-order valence-corrected chi connectivity index (χ3v) is 6.79. The zero-order valence-corrected chi connectivity index (χ0v) is 21.3. The average molecular weight is 471 g/mol. The van der Waals surface area contributed by atoms with Crippen LogP contribution in [0.15, 0.2) is 91.0 Å². The highest BCUT2D eigenvalue weighted by Crippen LogP contribution is 2.44. The first-order chi connectivity index (χ1) is 16.9. The quantitative estimate of drug-likeness (QED) is 0.353. The van der Waals surface area contributed by atoms with Gasteiger partial charge in [-0.1, -0.05) is 112 Å². The number of amides is 2. The summed E-state index contributed by atoms with van der Waals surface area (Å²) in [5, 5.41) is 5.82. The van der Waals surface area contributed by atoms with Crippen molar-refractivity contribution >= 4 is 11.8 Å². The lowest BCUT2D eigenvalue weighted by molar-refractivity contribution is -0.130. The Labute approximate surface area is 210 Å². The van der Waals surface area contributed by atoms with E-state index in [-0.39, 0.29) is 17.7 Å². The van der Waals surface area contributed by atoms with Crippen molar-refractivity contribution in [3.63, 3.8) is 0 Å². The molecule has 0 aliphatic carbocycles. The number of hydrogen-bond acceptors (Lipinski definition) is 2. The molecule has 0 bridgehead atoms. The molecule has 2 N–H and O–H groups in total. The van der Waals surface area contributed by atoms with Crippen molar-refractivity contribution in [1.82, 2.24) is 10.6 Å². The van der Waals surface area contributed by atoms with E-state index < -0.39 is 11.5 Å². The van der Waals surface area contributed by atoms with Crippen molar-refractivity contribution in [3.05, 3.63) is 108 Å². The van der Waals surface area contributed by atoms with Gasteiger partial charge in [-0.05, 0) is 41.4 Å². The summed E-state index contributed by atoms with van der Waals surface area (Å²) in [6.07, 6.45) is 1.86. The number of likely N-dealkylation sites (N-methyl/N-ethyl adjacent to an activating group) is 1. The van der Waals surface area contributed by atoms with Crippen LogP contribution in [0.5, 0.6) is 0 Å². The molecular formula is C31H38N2O2. The molecule has 0 saturated carbocycles. The van der Waals surface area contributed by atoms with Gasteiger partial charge >= 0.3 is 0 Å². The number of carbonyl (C=O) groups excluding carboxylic acids is 2. The molecule has 4 nitrogen and oxygen atoms in total. The van der Waals surface area contributed by atoms with E-state index in [0.29, 0.717) is 18.8 Å². The summed E-state index contributed by atoms with van der Waals surface area (Å²) in [5.74, 6) is 0.0412. The number of nitrogens with one attached hydrogen (secondary N) is 2. The molecule has 0 fully saturated rings. The van der Waals surface area contributed by atoms with Gasteiger partial charge in [0.1, 0.15) is 6.04 Å². The molecule has 0 radical (unpaired) electrons. The fourth-order valence-corrected chi connectivity index (χ4v) is 4.91. The Kier molecular flexibility index (Phi) is 9.25. The van der Waals surface area contributed by atoms with Gasteiger partial charge in [-0.3, -0.25) is 9.59 Å². The minimum Gasteiger partial charge on any atom is -0.357 e. The van der Waals surface area contributed by atoms with Gasteiger partial charge < -0.3 is 10.6 Å². The number of hydrogen-bond donors (Lipinski definition) is 2. The second-order valence-corrected chi connectivity index (χ2v) is 9.78. The van der Waals surface area contributed by atoms with E-state index in [9.17, 15) is 9.59 Å². The van der Waals surface area contributed by atoms with Crippen LogP contribution < -0.4 is 10.6 Å². The molecule has 0 spiro atoms. The van der Waals surface area contributed by atoms with Crippen LogP contribution in [0.3, 0.4) is 0 Å². The van der Waals surface area contributed by atoms with Crippen LogP contribution in [0.25, 0.3) is 0 Å². The summed E-state index contributed by atoms with van der Waals surface area (Å²) in [7, 11) is 1.63. The predicted molar refractivity (Wildman–Crippen MR) is 143 cm³/mol. The summed E-state index contributed by atoms with van der Waals surface area (Å²) in [6, 6.07) is 30.7. The molecule has 0 saturated heterocycles. The summed E-state index contributed by atoms with van der Waals surface area (Å²) < 4.78 is 0. The van der Waals surface area contributed by atoms with Gasteiger partial charge in [-0.25, -0.2) is 0 Å². The molecule has 0 unspecified atom stereocenters. The van der Waals surface area contributed by atoms with E-state index in [2.05, 4.69) is 104 Å². The lowest BCUT2D eigenvalue weighted by Crippen LogP contribution is -2.51. The van der Waals surface area contributed by atoms with Crippen molar-refractivity contribution in [1.29, 1.82) is 0 Å². The number of benzene rings is 3. The first kappa shape index (κ1) is 26.2. The Morgan fingerprint density at radius 1 is 0.743 bits per heavy atom. The maximum Gasteiger partial charge on any atom is 0.242 e. The number of rotatable bonds is 11. The van der Waals surface area contributed by atoms with Gasteiger partial charge in [0.05, 0.1) is 0 Å². The smallest absolute Gasteiger partial charge is 0.242 e. The van der Waals surface area contributed by atoms with Gasteiger partial charge in [0.25, 0.3) is 0 Å². The normalized spacial score (nSPS) is 13.2. The summed E-state index contributed by atoms with van der Waals surface area (Å²) in [5.41, 5.74) is 2.99. The largest absolute Gasteiger partial charge is 0.357 e. The van der Waals surface area contributed by atoms with Crippen LogP contribution in [0.1, 0.15) is 56.7 Å². The average Bonchev–Trinajstić information content (AvgIpc) is 2.90. The molecule has 35 heavy (non-hydrogen) atoms. The zero-order valence-electron chi connectivity index (χ0n) is 21.3. The fraction of sp³-hybridized carbons (Fsp3) is 0.355. The van der Waals surface area contributed by atoms with Gasteiger partial charge in [0, 0.05) is 18.9 Å². The minimum absolute atomic E-state index is 0.0797. The standard InChI is InChI=1S/C31H38N2O2/c1-23(2)20-21-28(34)33-29(30(35)32-4)24(3)22-31(25-14-8-5-9-15-25,26-16-10-6-11-17-26)27-18-12-7-13-19-27/h5-19,23-24,29H,20-22H2,1-4H3,(H,32,35)(H,33,34)/t24-,29-/m0/s1. The summed E-state index contributed by atoms with van der Waals surface area (Å²) in [4.78, 5) is 25.8. The highest BCUT2D eigenvalue weighted by molar-refractivity contribution is 5.87. The molecule has 3 aromatic rings. The highest BCUT2D eigenvalue weighted by atomic mass is 16.2. The van der Waals surface area contributed by atoms with E-state index >= 15 is 0 Å². The van der Waals surface area contributed by atoms with Gasteiger partial charge in [-0.15, -0.1) is 0 Å². The Morgan fingerprint density at radius 3 is 1.54 bits per heavy atom. The monoisotopic (exact) mass is 470 g/mol. The Balaban J connectivity index is 2.08. The lowest BCUT2D eigenvalue weighted by atomic mass is 9.64. The van der Waals surface area contributed by atoms with Gasteiger partial charge in [-0.2, -0.15) is 0 Å². The Morgan fingerprint density at radius 2 is 1.17 bits per heavy atom. The maximum atomic E-state index is 13.0. The summed E-state index contributed by atoms with van der Waals surface area (Å²) in [6.45, 7) is 6.26. The van der Waals surface area contributed by atoms with E-state index in [1.165, 1.54) is 0 Å². The van der Waals surface area contributed by atoms with E-state index in [1.54, 1.807) is 7.05 Å². The first-order valence-corrected chi connectivity index (χ1v) is 12.6. The molecule has 0 aliphatic rings. The molecule has 4 heteroatoms.